The number of halogens is 1. The van der Waals surface area contributed by atoms with Crippen LogP contribution >= 0.6 is 23.4 Å². The van der Waals surface area contributed by atoms with Crippen LogP contribution in [-0.4, -0.2) is 40.7 Å². The molecule has 1 atom stereocenters. The lowest BCUT2D eigenvalue weighted by molar-refractivity contribution is -0.151. The van der Waals surface area contributed by atoms with Gasteiger partial charge in [0.1, 0.15) is 6.04 Å². The summed E-state index contributed by atoms with van der Waals surface area (Å²) in [5.41, 5.74) is 1.54. The van der Waals surface area contributed by atoms with Crippen molar-refractivity contribution in [3.05, 3.63) is 28.8 Å². The van der Waals surface area contributed by atoms with Gasteiger partial charge in [0.25, 0.3) is 0 Å². The maximum Gasteiger partial charge on any atom is 0.330 e. The highest BCUT2D eigenvalue weighted by molar-refractivity contribution is 7.99. The number of nitrogens with zero attached hydrogens (tertiary/aromatic N) is 1. The van der Waals surface area contributed by atoms with E-state index in [1.54, 1.807) is 26.0 Å². The van der Waals surface area contributed by atoms with Crippen LogP contribution in [0.15, 0.2) is 18.2 Å². The molecule has 2 rings (SSSR count). The first-order valence-corrected chi connectivity index (χ1v) is 8.53. The molecule has 1 aliphatic heterocycles. The highest BCUT2D eigenvalue weighted by Crippen LogP contribution is 2.25. The number of nitrogens with one attached hydrogen (secondary N) is 1. The third-order valence-electron chi connectivity index (χ3n) is 3.19. The summed E-state index contributed by atoms with van der Waals surface area (Å²) in [7, 11) is 0. The molecule has 1 aromatic rings. The van der Waals surface area contributed by atoms with E-state index in [9.17, 15) is 9.59 Å². The molecule has 1 aliphatic rings. The Balaban J connectivity index is 2.04. The summed E-state index contributed by atoms with van der Waals surface area (Å²) in [6, 6.07) is 4.44. The lowest BCUT2D eigenvalue weighted by Gasteiger charge is -2.23. The van der Waals surface area contributed by atoms with Crippen molar-refractivity contribution in [2.75, 3.05) is 16.9 Å². The molecule has 1 unspecified atom stereocenters. The highest BCUT2D eigenvalue weighted by atomic mass is 35.5. The number of hydrogen-bond acceptors (Lipinski definition) is 4. The van der Waals surface area contributed by atoms with Gasteiger partial charge >= 0.3 is 12.0 Å². The number of aryl methyl sites for hydroxylation is 1. The molecular weight excluding hydrogens is 324 g/mol. The number of hydrogen-bond donors (Lipinski definition) is 1. The summed E-state index contributed by atoms with van der Waals surface area (Å²) in [5.74, 6) is 0.647. The molecule has 120 valence electrons. The molecule has 0 bridgehead atoms. The van der Waals surface area contributed by atoms with Gasteiger partial charge in [0, 0.05) is 16.5 Å². The molecule has 0 aliphatic carbocycles. The third-order valence-corrected chi connectivity index (χ3v) is 4.61. The molecule has 0 spiro atoms. The van der Waals surface area contributed by atoms with Gasteiger partial charge in [-0.05, 0) is 38.5 Å². The fourth-order valence-electron chi connectivity index (χ4n) is 2.01. The van der Waals surface area contributed by atoms with Crippen LogP contribution in [0.25, 0.3) is 0 Å². The molecule has 0 saturated carbocycles. The Morgan fingerprint density at radius 1 is 1.45 bits per heavy atom. The Labute approximate surface area is 139 Å². The lowest BCUT2D eigenvalue weighted by atomic mass is 10.2. The van der Waals surface area contributed by atoms with Gasteiger partial charge < -0.3 is 15.0 Å². The monoisotopic (exact) mass is 342 g/mol. The number of anilines is 1. The summed E-state index contributed by atoms with van der Waals surface area (Å²) >= 11 is 7.58. The molecular formula is C15H19ClN2O3S. The average Bonchev–Trinajstić information content (AvgIpc) is 2.91. The second-order valence-corrected chi connectivity index (χ2v) is 6.77. The molecule has 5 nitrogen and oxygen atoms in total. The predicted molar refractivity (Wildman–Crippen MR) is 89.4 cm³/mol. The Kier molecular flexibility index (Phi) is 5.58. The van der Waals surface area contributed by atoms with Gasteiger partial charge in [-0.15, -0.1) is 11.8 Å². The van der Waals surface area contributed by atoms with Gasteiger partial charge in [-0.25, -0.2) is 9.59 Å². The van der Waals surface area contributed by atoms with E-state index >= 15 is 0 Å². The van der Waals surface area contributed by atoms with Crippen molar-refractivity contribution in [1.82, 2.24) is 4.90 Å². The molecule has 0 aromatic heterocycles. The van der Waals surface area contributed by atoms with Crippen LogP contribution in [-0.2, 0) is 9.53 Å². The van der Waals surface area contributed by atoms with Crippen LogP contribution in [0.2, 0.25) is 5.02 Å². The molecule has 1 N–H and O–H groups in total. The SMILES string of the molecule is Cc1ccc(NC(=O)N2CSCC2C(=O)OC(C)C)cc1Cl. The first-order valence-electron chi connectivity index (χ1n) is 7.00. The van der Waals surface area contributed by atoms with Gasteiger partial charge in [-0.1, -0.05) is 17.7 Å². The van der Waals surface area contributed by atoms with Crippen molar-refractivity contribution < 1.29 is 14.3 Å². The largest absolute Gasteiger partial charge is 0.461 e. The molecule has 1 fully saturated rings. The maximum atomic E-state index is 12.4. The van der Waals surface area contributed by atoms with E-state index in [4.69, 9.17) is 16.3 Å². The minimum atomic E-state index is -0.548. The summed E-state index contributed by atoms with van der Waals surface area (Å²) < 4.78 is 5.20. The second kappa shape index (κ2) is 7.24. The number of benzene rings is 1. The van der Waals surface area contributed by atoms with E-state index in [0.29, 0.717) is 22.3 Å². The summed E-state index contributed by atoms with van der Waals surface area (Å²) in [6.45, 7) is 5.47. The van der Waals surface area contributed by atoms with Crippen molar-refractivity contribution >= 4 is 41.1 Å². The molecule has 7 heteroatoms. The summed E-state index contributed by atoms with van der Waals surface area (Å²) in [5, 5.41) is 3.36. The molecule has 1 aromatic carbocycles. The Morgan fingerprint density at radius 2 is 2.18 bits per heavy atom. The number of urea groups is 1. The quantitative estimate of drug-likeness (QED) is 0.854. The number of thioether (sulfide) groups is 1. The van der Waals surface area contributed by atoms with Crippen molar-refractivity contribution in [3.8, 4) is 0 Å². The fourth-order valence-corrected chi connectivity index (χ4v) is 3.33. The smallest absolute Gasteiger partial charge is 0.330 e. The Bertz CT molecular complexity index is 580. The van der Waals surface area contributed by atoms with Crippen LogP contribution in [0.1, 0.15) is 19.4 Å². The zero-order chi connectivity index (χ0) is 16.3. The minimum Gasteiger partial charge on any atom is -0.461 e. The minimum absolute atomic E-state index is 0.195. The van der Waals surface area contributed by atoms with Crippen molar-refractivity contribution in [3.63, 3.8) is 0 Å². The van der Waals surface area contributed by atoms with Crippen molar-refractivity contribution in [2.24, 2.45) is 0 Å². The zero-order valence-corrected chi connectivity index (χ0v) is 14.3. The van der Waals surface area contributed by atoms with Crippen LogP contribution in [0.3, 0.4) is 0 Å². The van der Waals surface area contributed by atoms with Crippen LogP contribution in [0.4, 0.5) is 10.5 Å². The molecule has 0 radical (unpaired) electrons. The second-order valence-electron chi connectivity index (χ2n) is 5.37. The van der Waals surface area contributed by atoms with Gasteiger partial charge in [-0.2, -0.15) is 0 Å². The van der Waals surface area contributed by atoms with E-state index in [-0.39, 0.29) is 18.1 Å². The van der Waals surface area contributed by atoms with Crippen LogP contribution in [0, 0.1) is 6.92 Å². The molecule has 1 heterocycles. The maximum absolute atomic E-state index is 12.4. The van der Waals surface area contributed by atoms with E-state index in [0.717, 1.165) is 5.56 Å². The number of amides is 2. The Morgan fingerprint density at radius 3 is 2.82 bits per heavy atom. The van der Waals surface area contributed by atoms with Gasteiger partial charge in [0.15, 0.2) is 0 Å². The van der Waals surface area contributed by atoms with Crippen LogP contribution in [0.5, 0.6) is 0 Å². The van der Waals surface area contributed by atoms with Crippen molar-refractivity contribution in [1.29, 1.82) is 0 Å². The first-order chi connectivity index (χ1) is 10.4. The van der Waals surface area contributed by atoms with E-state index in [2.05, 4.69) is 5.32 Å². The van der Waals surface area contributed by atoms with E-state index < -0.39 is 6.04 Å². The van der Waals surface area contributed by atoms with E-state index in [1.807, 2.05) is 13.0 Å². The molecule has 1 saturated heterocycles. The number of esters is 1. The number of ether oxygens (including phenoxy) is 1. The normalized spacial score (nSPS) is 17.7. The highest BCUT2D eigenvalue weighted by Gasteiger charge is 2.36. The number of carbonyl (C=O) groups excluding carboxylic acids is 2. The van der Waals surface area contributed by atoms with E-state index in [1.165, 1.54) is 16.7 Å². The third kappa shape index (κ3) is 4.08. The fraction of sp³-hybridized carbons (Fsp3) is 0.467. The van der Waals surface area contributed by atoms with Gasteiger partial charge in [-0.3, -0.25) is 0 Å². The summed E-state index contributed by atoms with van der Waals surface area (Å²) in [4.78, 5) is 25.9. The van der Waals surface area contributed by atoms with Crippen molar-refractivity contribution in [2.45, 2.75) is 32.9 Å². The van der Waals surface area contributed by atoms with Gasteiger partial charge in [0.05, 0.1) is 12.0 Å². The predicted octanol–water partition coefficient (Wildman–Crippen LogP) is 3.51. The molecule has 22 heavy (non-hydrogen) atoms. The standard InChI is InChI=1S/C15H19ClN2O3S/c1-9(2)21-14(19)13-7-22-8-18(13)15(20)17-11-5-4-10(3)12(16)6-11/h4-6,9,13H,7-8H2,1-3H3,(H,17,20). The first kappa shape index (κ1) is 17.0. The average molecular weight is 343 g/mol. The number of rotatable bonds is 3. The Hall–Kier alpha value is -1.40. The van der Waals surface area contributed by atoms with Gasteiger partial charge in [0.2, 0.25) is 0 Å². The topological polar surface area (TPSA) is 58.6 Å². The zero-order valence-electron chi connectivity index (χ0n) is 12.8. The van der Waals surface area contributed by atoms with Crippen LogP contribution < -0.4 is 5.32 Å². The lowest BCUT2D eigenvalue weighted by Crippen LogP contribution is -2.45. The molecule has 2 amide bonds. The number of carbonyl (C=O) groups is 2. The summed E-state index contributed by atoms with van der Waals surface area (Å²) in [6.07, 6.45) is -0.195.